The van der Waals surface area contributed by atoms with E-state index >= 15 is 0 Å². The highest BCUT2D eigenvalue weighted by Gasteiger charge is 2.05. The first-order valence-corrected chi connectivity index (χ1v) is 6.49. The molecule has 2 rings (SSSR count). The first-order valence-electron chi connectivity index (χ1n) is 6.49. The number of rotatable bonds is 5. The molecule has 1 aromatic heterocycles. The summed E-state index contributed by atoms with van der Waals surface area (Å²) < 4.78 is 10.6. The van der Waals surface area contributed by atoms with E-state index in [1.165, 1.54) is 0 Å². The summed E-state index contributed by atoms with van der Waals surface area (Å²) in [5.74, 6) is 2.43. The van der Waals surface area contributed by atoms with Gasteiger partial charge in [-0.2, -0.15) is 0 Å². The summed E-state index contributed by atoms with van der Waals surface area (Å²) in [5, 5.41) is 0. The van der Waals surface area contributed by atoms with Crippen LogP contribution in [0.1, 0.15) is 24.0 Å². The average Bonchev–Trinajstić information content (AvgIpc) is 2.86. The van der Waals surface area contributed by atoms with Crippen LogP contribution in [0, 0.1) is 6.92 Å². The van der Waals surface area contributed by atoms with Crippen LogP contribution in [0.5, 0.6) is 5.75 Å². The summed E-state index contributed by atoms with van der Waals surface area (Å²) in [5.41, 5.74) is 1.81. The Morgan fingerprint density at radius 2 is 1.90 bits per heavy atom. The molecule has 0 amide bonds. The number of carbonyl (C=O) groups is 1. The molecule has 0 radical (unpaired) electrons. The van der Waals surface area contributed by atoms with Gasteiger partial charge in [0.15, 0.2) is 5.78 Å². The molecule has 0 atom stereocenters. The number of hydrogen-bond acceptors (Lipinski definition) is 3. The molecule has 3 nitrogen and oxygen atoms in total. The minimum atomic E-state index is 0.0571. The lowest BCUT2D eigenvalue weighted by atomic mass is 10.1. The Morgan fingerprint density at radius 3 is 2.45 bits per heavy atom. The van der Waals surface area contributed by atoms with Crippen LogP contribution in [0.15, 0.2) is 46.9 Å². The summed E-state index contributed by atoms with van der Waals surface area (Å²) in [6.45, 7) is 3.76. The third-order valence-electron chi connectivity index (χ3n) is 3.04. The normalized spacial score (nSPS) is 11.4. The Hall–Kier alpha value is -2.29. The maximum absolute atomic E-state index is 12.0. The standard InChI is InChI=1S/C17H18O3/c1-12(17-9-4-13(2)20-17)10-15(18)11-14-5-7-16(19-3)8-6-14/h4-10H,11H2,1-3H3/b12-10+. The molecule has 104 valence electrons. The molecule has 0 aliphatic carbocycles. The zero-order valence-electron chi connectivity index (χ0n) is 12.0. The van der Waals surface area contributed by atoms with Crippen molar-refractivity contribution in [1.82, 2.24) is 0 Å². The molecule has 0 saturated heterocycles. The third kappa shape index (κ3) is 3.60. The molecule has 0 aliphatic heterocycles. The molecular weight excluding hydrogens is 252 g/mol. The predicted molar refractivity (Wildman–Crippen MR) is 78.8 cm³/mol. The SMILES string of the molecule is COc1ccc(CC(=O)/C=C(\C)c2ccc(C)o2)cc1. The van der Waals surface area contributed by atoms with Gasteiger partial charge in [-0.3, -0.25) is 4.79 Å². The van der Waals surface area contributed by atoms with Gasteiger partial charge in [-0.05, 0) is 55.3 Å². The lowest BCUT2D eigenvalue weighted by Gasteiger charge is -2.02. The van der Waals surface area contributed by atoms with Crippen LogP contribution >= 0.6 is 0 Å². The zero-order chi connectivity index (χ0) is 14.5. The van der Waals surface area contributed by atoms with Crippen LogP contribution < -0.4 is 4.74 Å². The smallest absolute Gasteiger partial charge is 0.160 e. The molecule has 0 aliphatic rings. The van der Waals surface area contributed by atoms with Gasteiger partial charge in [0.05, 0.1) is 7.11 Å². The van der Waals surface area contributed by atoms with Crippen LogP contribution in [-0.4, -0.2) is 12.9 Å². The molecule has 3 heteroatoms. The van der Waals surface area contributed by atoms with Gasteiger partial charge in [-0.15, -0.1) is 0 Å². The van der Waals surface area contributed by atoms with Crippen molar-refractivity contribution in [2.24, 2.45) is 0 Å². The van der Waals surface area contributed by atoms with Crippen LogP contribution in [0.3, 0.4) is 0 Å². The van der Waals surface area contributed by atoms with E-state index in [1.807, 2.05) is 50.2 Å². The second-order valence-electron chi connectivity index (χ2n) is 4.73. The van der Waals surface area contributed by atoms with Gasteiger partial charge in [-0.1, -0.05) is 12.1 Å². The summed E-state index contributed by atoms with van der Waals surface area (Å²) in [6, 6.07) is 11.3. The second kappa shape index (κ2) is 6.24. The van der Waals surface area contributed by atoms with E-state index in [-0.39, 0.29) is 5.78 Å². The topological polar surface area (TPSA) is 39.4 Å². The number of ether oxygens (including phenoxy) is 1. The predicted octanol–water partition coefficient (Wildman–Crippen LogP) is 3.81. The van der Waals surface area contributed by atoms with Gasteiger partial charge in [0.1, 0.15) is 17.3 Å². The Bertz CT molecular complexity index is 618. The number of ketones is 1. The monoisotopic (exact) mass is 270 g/mol. The van der Waals surface area contributed by atoms with Gasteiger partial charge in [0.2, 0.25) is 0 Å². The molecule has 0 unspecified atom stereocenters. The highest BCUT2D eigenvalue weighted by atomic mass is 16.5. The first kappa shape index (κ1) is 14.1. The van der Waals surface area contributed by atoms with E-state index < -0.39 is 0 Å². The van der Waals surface area contributed by atoms with E-state index in [0.717, 1.165) is 28.4 Å². The number of aryl methyl sites for hydroxylation is 1. The fourth-order valence-electron chi connectivity index (χ4n) is 1.95. The molecule has 0 fully saturated rings. The number of benzene rings is 1. The van der Waals surface area contributed by atoms with Crippen LogP contribution in [0.2, 0.25) is 0 Å². The lowest BCUT2D eigenvalue weighted by molar-refractivity contribution is -0.114. The van der Waals surface area contributed by atoms with Crippen molar-refractivity contribution in [3.8, 4) is 5.75 Å². The Morgan fingerprint density at radius 1 is 1.20 bits per heavy atom. The number of hydrogen-bond donors (Lipinski definition) is 0. The second-order valence-corrected chi connectivity index (χ2v) is 4.73. The van der Waals surface area contributed by atoms with Crippen molar-refractivity contribution in [1.29, 1.82) is 0 Å². The van der Waals surface area contributed by atoms with E-state index in [2.05, 4.69) is 0 Å². The maximum atomic E-state index is 12.0. The molecule has 1 aromatic carbocycles. The lowest BCUT2D eigenvalue weighted by Crippen LogP contribution is -1.99. The molecule has 0 N–H and O–H groups in total. The van der Waals surface area contributed by atoms with Crippen LogP contribution in [-0.2, 0) is 11.2 Å². The zero-order valence-corrected chi connectivity index (χ0v) is 12.0. The fourth-order valence-corrected chi connectivity index (χ4v) is 1.95. The maximum Gasteiger partial charge on any atom is 0.160 e. The number of methoxy groups -OCH3 is 1. The van der Waals surface area contributed by atoms with Crippen molar-refractivity contribution in [3.63, 3.8) is 0 Å². The molecule has 0 saturated carbocycles. The van der Waals surface area contributed by atoms with Gasteiger partial charge >= 0.3 is 0 Å². The van der Waals surface area contributed by atoms with Crippen molar-refractivity contribution >= 4 is 11.4 Å². The average molecular weight is 270 g/mol. The molecule has 0 spiro atoms. The van der Waals surface area contributed by atoms with Crippen molar-refractivity contribution < 1.29 is 13.9 Å². The first-order chi connectivity index (χ1) is 9.58. The quantitative estimate of drug-likeness (QED) is 0.775. The van der Waals surface area contributed by atoms with Crippen molar-refractivity contribution in [2.75, 3.05) is 7.11 Å². The minimum Gasteiger partial charge on any atom is -0.497 e. The summed E-state index contributed by atoms with van der Waals surface area (Å²) in [4.78, 5) is 12.0. The Balaban J connectivity index is 2.04. The van der Waals surface area contributed by atoms with E-state index in [1.54, 1.807) is 13.2 Å². The number of furan rings is 1. The molecule has 20 heavy (non-hydrogen) atoms. The van der Waals surface area contributed by atoms with Crippen LogP contribution in [0.25, 0.3) is 5.57 Å². The molecule has 2 aromatic rings. The largest absolute Gasteiger partial charge is 0.497 e. The van der Waals surface area contributed by atoms with Crippen molar-refractivity contribution in [2.45, 2.75) is 20.3 Å². The Kier molecular flexibility index (Phi) is 4.41. The van der Waals surface area contributed by atoms with E-state index in [0.29, 0.717) is 6.42 Å². The molecule has 1 heterocycles. The van der Waals surface area contributed by atoms with Gasteiger partial charge in [-0.25, -0.2) is 0 Å². The third-order valence-corrected chi connectivity index (χ3v) is 3.04. The highest BCUT2D eigenvalue weighted by molar-refractivity contribution is 5.97. The van der Waals surface area contributed by atoms with E-state index in [9.17, 15) is 4.79 Å². The summed E-state index contributed by atoms with van der Waals surface area (Å²) in [6.07, 6.45) is 2.00. The minimum absolute atomic E-state index is 0.0571. The van der Waals surface area contributed by atoms with Crippen LogP contribution in [0.4, 0.5) is 0 Å². The summed E-state index contributed by atoms with van der Waals surface area (Å²) in [7, 11) is 1.62. The van der Waals surface area contributed by atoms with Gasteiger partial charge in [0.25, 0.3) is 0 Å². The highest BCUT2D eigenvalue weighted by Crippen LogP contribution is 2.17. The summed E-state index contributed by atoms with van der Waals surface area (Å²) >= 11 is 0. The number of carbonyl (C=O) groups excluding carboxylic acids is 1. The molecular formula is C17H18O3. The Labute approximate surface area is 118 Å². The van der Waals surface area contributed by atoms with Gasteiger partial charge < -0.3 is 9.15 Å². The fraction of sp³-hybridized carbons (Fsp3) is 0.235. The van der Waals surface area contributed by atoms with Gasteiger partial charge in [0, 0.05) is 6.42 Å². The molecule has 0 bridgehead atoms. The van der Waals surface area contributed by atoms with Crippen molar-refractivity contribution in [3.05, 3.63) is 59.6 Å². The number of allylic oxidation sites excluding steroid dienone is 2. The van der Waals surface area contributed by atoms with E-state index in [4.69, 9.17) is 9.15 Å².